The third-order valence-electron chi connectivity index (χ3n) is 5.80. The van der Waals surface area contributed by atoms with Gasteiger partial charge in [-0.2, -0.15) is 0 Å². The van der Waals surface area contributed by atoms with Crippen molar-refractivity contribution in [2.75, 3.05) is 0 Å². The van der Waals surface area contributed by atoms with Gasteiger partial charge in [0, 0.05) is 16.7 Å². The molecular weight excluding hydrogens is 531 g/mol. The number of rotatable bonds is 5. The number of allylic oxidation sites excluding steroid dienone is 1. The van der Waals surface area contributed by atoms with Crippen molar-refractivity contribution in [3.63, 3.8) is 0 Å². The van der Waals surface area contributed by atoms with Crippen LogP contribution in [0.25, 0.3) is 17.4 Å². The monoisotopic (exact) mass is 552 g/mol. The van der Waals surface area contributed by atoms with Crippen LogP contribution in [0.2, 0.25) is 10.0 Å². The Bertz CT molecular complexity index is 1710. The molecule has 0 saturated heterocycles. The predicted octanol–water partition coefficient (Wildman–Crippen LogP) is 5.75. The van der Waals surface area contributed by atoms with E-state index in [-0.39, 0.29) is 11.7 Å². The highest BCUT2D eigenvalue weighted by molar-refractivity contribution is 7.07. The molecule has 37 heavy (non-hydrogen) atoms. The molecule has 3 heterocycles. The fourth-order valence-corrected chi connectivity index (χ4v) is 5.73. The van der Waals surface area contributed by atoms with Gasteiger partial charge in [-0.3, -0.25) is 9.36 Å². The molecule has 0 spiro atoms. The summed E-state index contributed by atoms with van der Waals surface area (Å²) in [5.41, 5.74) is 2.07. The van der Waals surface area contributed by atoms with Crippen LogP contribution >= 0.6 is 34.5 Å². The maximum Gasteiger partial charge on any atom is 0.338 e. The first-order valence-electron chi connectivity index (χ1n) is 11.6. The van der Waals surface area contributed by atoms with Gasteiger partial charge >= 0.3 is 5.97 Å². The Morgan fingerprint density at radius 2 is 1.89 bits per heavy atom. The number of furan rings is 1. The molecule has 0 radical (unpaired) electrons. The molecule has 2 aromatic heterocycles. The van der Waals surface area contributed by atoms with Crippen LogP contribution in [0.5, 0.6) is 0 Å². The van der Waals surface area contributed by atoms with Crippen molar-refractivity contribution in [1.29, 1.82) is 0 Å². The fraction of sp³-hybridized carbons (Fsp3) is 0.179. The minimum atomic E-state index is -0.661. The van der Waals surface area contributed by atoms with Gasteiger partial charge in [0.2, 0.25) is 0 Å². The van der Waals surface area contributed by atoms with Gasteiger partial charge in [0.15, 0.2) is 4.80 Å². The molecule has 0 aliphatic carbocycles. The van der Waals surface area contributed by atoms with Crippen LogP contribution in [0.4, 0.5) is 0 Å². The number of esters is 1. The van der Waals surface area contributed by atoms with E-state index >= 15 is 0 Å². The summed E-state index contributed by atoms with van der Waals surface area (Å²) in [5.74, 6) is 0.546. The number of aromatic nitrogens is 1. The van der Waals surface area contributed by atoms with E-state index in [1.54, 1.807) is 61.7 Å². The van der Waals surface area contributed by atoms with E-state index in [4.69, 9.17) is 32.4 Å². The Labute approximate surface area is 226 Å². The fourth-order valence-electron chi connectivity index (χ4n) is 4.20. The summed E-state index contributed by atoms with van der Waals surface area (Å²) in [7, 11) is 0. The summed E-state index contributed by atoms with van der Waals surface area (Å²) < 4.78 is 13.5. The highest BCUT2D eigenvalue weighted by Gasteiger charge is 2.33. The second-order valence-corrected chi connectivity index (χ2v) is 10.6. The molecule has 5 rings (SSSR count). The number of benzene rings is 2. The van der Waals surface area contributed by atoms with E-state index in [1.807, 2.05) is 30.3 Å². The predicted molar refractivity (Wildman–Crippen MR) is 146 cm³/mol. The number of hydrogen-bond acceptors (Lipinski definition) is 6. The number of fused-ring (bicyclic) bond motifs is 1. The third kappa shape index (κ3) is 4.94. The van der Waals surface area contributed by atoms with Crippen LogP contribution in [0, 0.1) is 0 Å². The number of nitrogens with zero attached hydrogens (tertiary/aromatic N) is 2. The Hall–Kier alpha value is -3.39. The van der Waals surface area contributed by atoms with Crippen molar-refractivity contribution in [2.45, 2.75) is 32.9 Å². The lowest BCUT2D eigenvalue weighted by Crippen LogP contribution is -2.40. The van der Waals surface area contributed by atoms with Gasteiger partial charge in [0.1, 0.15) is 11.5 Å². The molecule has 6 nitrogen and oxygen atoms in total. The Kier molecular flexibility index (Phi) is 6.94. The lowest BCUT2D eigenvalue weighted by molar-refractivity contribution is -0.143. The molecule has 4 aromatic rings. The summed E-state index contributed by atoms with van der Waals surface area (Å²) in [6, 6.07) is 17.5. The van der Waals surface area contributed by atoms with Crippen LogP contribution in [0.3, 0.4) is 0 Å². The van der Waals surface area contributed by atoms with E-state index in [1.165, 1.54) is 11.3 Å². The molecule has 1 aliphatic rings. The molecule has 1 atom stereocenters. The van der Waals surface area contributed by atoms with E-state index in [9.17, 15) is 9.59 Å². The summed E-state index contributed by atoms with van der Waals surface area (Å²) in [5, 5.41) is 0.994. The van der Waals surface area contributed by atoms with Gasteiger partial charge in [-0.05, 0) is 56.7 Å². The summed E-state index contributed by atoms with van der Waals surface area (Å²) in [6.07, 6.45) is 1.36. The lowest BCUT2D eigenvalue weighted by Gasteiger charge is -2.25. The highest BCUT2D eigenvalue weighted by Crippen LogP contribution is 2.32. The van der Waals surface area contributed by atoms with Gasteiger partial charge in [-0.1, -0.05) is 64.9 Å². The first-order valence-corrected chi connectivity index (χ1v) is 13.1. The second-order valence-electron chi connectivity index (χ2n) is 8.77. The lowest BCUT2D eigenvalue weighted by atomic mass is 9.96. The van der Waals surface area contributed by atoms with E-state index in [0.717, 1.165) is 5.56 Å². The average Bonchev–Trinajstić information content (AvgIpc) is 3.42. The van der Waals surface area contributed by atoms with Crippen LogP contribution in [0.1, 0.15) is 38.1 Å². The molecule has 1 aliphatic heterocycles. The number of thiazole rings is 1. The zero-order valence-corrected chi connectivity index (χ0v) is 22.5. The van der Waals surface area contributed by atoms with Crippen molar-refractivity contribution in [2.24, 2.45) is 4.99 Å². The molecule has 188 valence electrons. The first kappa shape index (κ1) is 25.3. The van der Waals surface area contributed by atoms with Gasteiger partial charge in [0.05, 0.1) is 33.0 Å². The first-order chi connectivity index (χ1) is 17.7. The van der Waals surface area contributed by atoms with Crippen molar-refractivity contribution in [3.05, 3.63) is 113 Å². The van der Waals surface area contributed by atoms with Crippen molar-refractivity contribution < 1.29 is 13.9 Å². The quantitative estimate of drug-likeness (QED) is 0.295. The number of carbonyl (C=O) groups is 1. The van der Waals surface area contributed by atoms with E-state index in [2.05, 4.69) is 4.99 Å². The number of carbonyl (C=O) groups excluding carboxylic acids is 1. The molecule has 0 saturated carbocycles. The number of ether oxygens (including phenoxy) is 1. The smallest absolute Gasteiger partial charge is 0.338 e. The maximum atomic E-state index is 13.7. The van der Waals surface area contributed by atoms with Crippen molar-refractivity contribution >= 4 is 46.6 Å². The van der Waals surface area contributed by atoms with Crippen molar-refractivity contribution in [1.82, 2.24) is 4.57 Å². The molecule has 0 fully saturated rings. The molecule has 0 bridgehead atoms. The van der Waals surface area contributed by atoms with Gasteiger partial charge in [-0.15, -0.1) is 0 Å². The highest BCUT2D eigenvalue weighted by atomic mass is 35.5. The zero-order valence-electron chi connectivity index (χ0n) is 20.2. The minimum Gasteiger partial charge on any atom is -0.459 e. The van der Waals surface area contributed by atoms with Crippen LogP contribution in [0.15, 0.2) is 86.1 Å². The second kappa shape index (κ2) is 10.2. The zero-order chi connectivity index (χ0) is 26.3. The molecule has 1 unspecified atom stereocenters. The summed E-state index contributed by atoms with van der Waals surface area (Å²) in [6.45, 7) is 5.34. The Morgan fingerprint density at radius 1 is 1.14 bits per heavy atom. The topological polar surface area (TPSA) is 73.8 Å². The van der Waals surface area contributed by atoms with Crippen LogP contribution < -0.4 is 14.9 Å². The Balaban J connectivity index is 1.62. The summed E-state index contributed by atoms with van der Waals surface area (Å²) >= 11 is 13.6. The standard InChI is InChI=1S/C28H22Cl2N2O4S/c1-15(2)35-27(34)24-16(3)31-28-32(25(24)17-7-5-4-6-8-17)26(33)23(37-28)14-19-10-12-22(36-19)20-11-9-18(29)13-21(20)30/h4-15,25H,1-3H3. The molecule has 0 amide bonds. The van der Waals surface area contributed by atoms with Crippen molar-refractivity contribution in [3.8, 4) is 11.3 Å². The normalized spacial score (nSPS) is 15.6. The van der Waals surface area contributed by atoms with Gasteiger partial charge in [0.25, 0.3) is 5.56 Å². The SMILES string of the molecule is CC1=C(C(=O)OC(C)C)C(c2ccccc2)n2c(sc(=Cc3ccc(-c4ccc(Cl)cc4Cl)o3)c2=O)=N1. The van der Waals surface area contributed by atoms with E-state index < -0.39 is 12.0 Å². The molecule has 0 N–H and O–H groups in total. The number of halogens is 2. The van der Waals surface area contributed by atoms with E-state index in [0.29, 0.717) is 47.7 Å². The largest absolute Gasteiger partial charge is 0.459 e. The molecule has 9 heteroatoms. The van der Waals surface area contributed by atoms with Crippen LogP contribution in [-0.4, -0.2) is 16.6 Å². The van der Waals surface area contributed by atoms with Gasteiger partial charge < -0.3 is 9.15 Å². The number of hydrogen-bond donors (Lipinski definition) is 0. The molecular formula is C28H22Cl2N2O4S. The maximum absolute atomic E-state index is 13.7. The minimum absolute atomic E-state index is 0.276. The third-order valence-corrected chi connectivity index (χ3v) is 7.33. The molecule has 2 aromatic carbocycles. The van der Waals surface area contributed by atoms with Gasteiger partial charge in [-0.25, -0.2) is 9.79 Å². The Morgan fingerprint density at radius 3 is 2.59 bits per heavy atom. The summed E-state index contributed by atoms with van der Waals surface area (Å²) in [4.78, 5) is 31.9. The average molecular weight is 553 g/mol. The van der Waals surface area contributed by atoms with Crippen LogP contribution in [-0.2, 0) is 9.53 Å².